The Kier molecular flexibility index (Phi) is 4.04. The summed E-state index contributed by atoms with van der Waals surface area (Å²) in [5, 5.41) is -0.0826. The first-order valence-corrected chi connectivity index (χ1v) is 5.48. The van der Waals surface area contributed by atoms with E-state index in [0.717, 1.165) is 17.0 Å². The van der Waals surface area contributed by atoms with Crippen LogP contribution in [0.15, 0.2) is 17.0 Å². The zero-order chi connectivity index (χ0) is 10.7. The molecule has 0 saturated carbocycles. The zero-order valence-electron chi connectivity index (χ0n) is 7.01. The minimum absolute atomic E-state index is 0.0643. The van der Waals surface area contributed by atoms with E-state index in [-0.39, 0.29) is 10.6 Å². The lowest BCUT2D eigenvalue weighted by Crippen LogP contribution is -2.03. The summed E-state index contributed by atoms with van der Waals surface area (Å²) in [7, 11) is 7.47. The Balaban J connectivity index is 3.27. The van der Waals surface area contributed by atoms with Gasteiger partial charge in [0.05, 0.1) is 17.7 Å². The lowest BCUT2D eigenvalue weighted by Gasteiger charge is -2.05. The van der Waals surface area contributed by atoms with Gasteiger partial charge < -0.3 is 4.74 Å². The van der Waals surface area contributed by atoms with Crippen molar-refractivity contribution < 1.29 is 13.9 Å². The number of benzene rings is 1. The second-order valence-corrected chi connectivity index (χ2v) is 3.80. The van der Waals surface area contributed by atoms with E-state index < -0.39 is 11.8 Å². The minimum Gasteiger partial charge on any atom is -0.465 e. The molecule has 0 saturated heterocycles. The van der Waals surface area contributed by atoms with Crippen LogP contribution in [-0.2, 0) is 4.74 Å². The number of rotatable bonds is 2. The van der Waals surface area contributed by atoms with Gasteiger partial charge >= 0.3 is 5.97 Å². The summed E-state index contributed by atoms with van der Waals surface area (Å²) in [4.78, 5) is 11.5. The zero-order valence-corrected chi connectivity index (χ0v) is 9.34. The molecule has 0 heterocycles. The Morgan fingerprint density at radius 1 is 1.57 bits per heavy atom. The van der Waals surface area contributed by atoms with Crippen LogP contribution in [0.25, 0.3) is 0 Å². The molecule has 1 aromatic carbocycles. The molecule has 2 nitrogen and oxygen atoms in total. The molecule has 0 radical (unpaired) electrons. The molecule has 0 unspecified atom stereocenters. The van der Waals surface area contributed by atoms with Crippen molar-refractivity contribution in [3.05, 3.63) is 28.5 Å². The quantitative estimate of drug-likeness (QED) is 0.756. The molecule has 0 aliphatic carbocycles. The maximum absolute atomic E-state index is 13.0. The first-order valence-electron chi connectivity index (χ1n) is 3.46. The third-order valence-electron chi connectivity index (χ3n) is 1.51. The van der Waals surface area contributed by atoms with Crippen LogP contribution in [0.5, 0.6) is 0 Å². The van der Waals surface area contributed by atoms with Gasteiger partial charge in [0.1, 0.15) is 5.82 Å². The summed E-state index contributed by atoms with van der Waals surface area (Å²) < 4.78 is 17.5. The molecule has 1 rings (SSSR count). The monoisotopic (exact) mass is 254 g/mol. The maximum Gasteiger partial charge on any atom is 0.339 e. The Bertz CT molecular complexity index is 371. The van der Waals surface area contributed by atoms with Crippen molar-refractivity contribution in [3.8, 4) is 0 Å². The maximum atomic E-state index is 13.0. The summed E-state index contributed by atoms with van der Waals surface area (Å²) in [6.45, 7) is 0. The standard InChI is InChI=1S/C8H5Cl2FO2S/c1-13-8(12)4-2-6(11)5(9)3-7(4)14-10/h2-3H,1H3. The Morgan fingerprint density at radius 2 is 2.21 bits per heavy atom. The predicted octanol–water partition coefficient (Wildman–Crippen LogP) is 3.51. The van der Waals surface area contributed by atoms with Gasteiger partial charge in [-0.2, -0.15) is 0 Å². The van der Waals surface area contributed by atoms with Crippen molar-refractivity contribution in [2.24, 2.45) is 0 Å². The number of methoxy groups -OCH3 is 1. The third-order valence-corrected chi connectivity index (χ3v) is 2.80. The second-order valence-electron chi connectivity index (χ2n) is 2.33. The fourth-order valence-corrected chi connectivity index (χ4v) is 1.86. The van der Waals surface area contributed by atoms with E-state index >= 15 is 0 Å². The summed E-state index contributed by atoms with van der Waals surface area (Å²) in [5.41, 5.74) is 0.0643. The fourth-order valence-electron chi connectivity index (χ4n) is 0.862. The average Bonchev–Trinajstić information content (AvgIpc) is 2.20. The number of esters is 1. The normalized spacial score (nSPS) is 10.0. The first kappa shape index (κ1) is 11.6. The van der Waals surface area contributed by atoms with Crippen molar-refractivity contribution in [1.82, 2.24) is 0 Å². The van der Waals surface area contributed by atoms with Gasteiger partial charge in [0.15, 0.2) is 0 Å². The summed E-state index contributed by atoms with van der Waals surface area (Å²) >= 11 is 5.51. The van der Waals surface area contributed by atoms with Crippen LogP contribution in [0, 0.1) is 5.82 Å². The summed E-state index contributed by atoms with van der Waals surface area (Å²) in [6, 6.07) is 2.28. The molecule has 76 valence electrons. The summed E-state index contributed by atoms with van der Waals surface area (Å²) in [6.07, 6.45) is 0. The van der Waals surface area contributed by atoms with E-state index in [1.807, 2.05) is 0 Å². The number of hydrogen-bond acceptors (Lipinski definition) is 3. The second kappa shape index (κ2) is 4.87. The lowest BCUT2D eigenvalue weighted by molar-refractivity contribution is 0.0596. The molecule has 0 aromatic heterocycles. The van der Waals surface area contributed by atoms with Gasteiger partial charge in [0, 0.05) is 4.90 Å². The molecule has 0 spiro atoms. The van der Waals surface area contributed by atoms with Gasteiger partial charge in [-0.15, -0.1) is 0 Å². The van der Waals surface area contributed by atoms with Crippen LogP contribution < -0.4 is 0 Å². The largest absolute Gasteiger partial charge is 0.465 e. The van der Waals surface area contributed by atoms with Crippen LogP contribution in [-0.4, -0.2) is 13.1 Å². The van der Waals surface area contributed by atoms with E-state index in [0.29, 0.717) is 4.90 Å². The van der Waals surface area contributed by atoms with Crippen LogP contribution in [0.2, 0.25) is 5.02 Å². The molecule has 14 heavy (non-hydrogen) atoms. The van der Waals surface area contributed by atoms with Crippen molar-refractivity contribution in [1.29, 1.82) is 0 Å². The van der Waals surface area contributed by atoms with E-state index in [9.17, 15) is 9.18 Å². The fraction of sp³-hybridized carbons (Fsp3) is 0.125. The third kappa shape index (κ3) is 2.32. The van der Waals surface area contributed by atoms with E-state index in [4.69, 9.17) is 22.3 Å². The summed E-state index contributed by atoms with van der Waals surface area (Å²) in [5.74, 6) is -1.33. The van der Waals surface area contributed by atoms with Crippen molar-refractivity contribution >= 4 is 39.2 Å². The molecule has 0 atom stereocenters. The molecule has 1 aromatic rings. The molecule has 0 aliphatic rings. The van der Waals surface area contributed by atoms with Gasteiger partial charge in [-0.3, -0.25) is 0 Å². The van der Waals surface area contributed by atoms with E-state index in [1.165, 1.54) is 13.2 Å². The molecule has 0 bridgehead atoms. The highest BCUT2D eigenvalue weighted by atomic mass is 35.7. The average molecular weight is 255 g/mol. The number of hydrogen-bond donors (Lipinski definition) is 0. The molecular formula is C8H5Cl2FO2S. The number of ether oxygens (including phenoxy) is 1. The molecule has 6 heteroatoms. The number of halogens is 3. The molecule has 0 aliphatic heterocycles. The topological polar surface area (TPSA) is 26.3 Å². The Hall–Kier alpha value is -0.450. The van der Waals surface area contributed by atoms with Crippen LogP contribution in [0.4, 0.5) is 4.39 Å². The van der Waals surface area contributed by atoms with E-state index in [2.05, 4.69) is 4.74 Å². The van der Waals surface area contributed by atoms with Gasteiger partial charge in [0.2, 0.25) is 0 Å². The Labute approximate surface area is 93.8 Å². The first-order chi connectivity index (χ1) is 6.60. The van der Waals surface area contributed by atoms with Crippen molar-refractivity contribution in [2.75, 3.05) is 7.11 Å². The lowest BCUT2D eigenvalue weighted by atomic mass is 10.2. The molecule has 0 fully saturated rings. The number of carbonyl (C=O) groups is 1. The smallest absolute Gasteiger partial charge is 0.339 e. The van der Waals surface area contributed by atoms with Gasteiger partial charge in [-0.1, -0.05) is 11.6 Å². The van der Waals surface area contributed by atoms with Gasteiger partial charge in [0.25, 0.3) is 0 Å². The highest BCUT2D eigenvalue weighted by molar-refractivity contribution is 8.21. The molecule has 0 N–H and O–H groups in total. The highest BCUT2D eigenvalue weighted by Gasteiger charge is 2.15. The number of carbonyl (C=O) groups excluding carboxylic acids is 1. The molecular weight excluding hydrogens is 250 g/mol. The van der Waals surface area contributed by atoms with Crippen molar-refractivity contribution in [3.63, 3.8) is 0 Å². The SMILES string of the molecule is COC(=O)c1cc(F)c(Cl)cc1SCl. The molecule has 0 amide bonds. The van der Waals surface area contributed by atoms with Crippen LogP contribution in [0.1, 0.15) is 10.4 Å². The highest BCUT2D eigenvalue weighted by Crippen LogP contribution is 2.31. The van der Waals surface area contributed by atoms with Gasteiger partial charge in [-0.05, 0) is 33.8 Å². The van der Waals surface area contributed by atoms with Crippen molar-refractivity contribution in [2.45, 2.75) is 4.90 Å². The predicted molar refractivity (Wildman–Crippen MR) is 54.5 cm³/mol. The van der Waals surface area contributed by atoms with Crippen LogP contribution in [0.3, 0.4) is 0 Å². The van der Waals surface area contributed by atoms with Gasteiger partial charge in [-0.25, -0.2) is 9.18 Å². The van der Waals surface area contributed by atoms with Crippen LogP contribution >= 0.6 is 33.3 Å². The van der Waals surface area contributed by atoms with E-state index in [1.54, 1.807) is 0 Å². The minimum atomic E-state index is -0.679. The Morgan fingerprint density at radius 3 is 2.71 bits per heavy atom.